The molecule has 9 heteroatoms. The van der Waals surface area contributed by atoms with Crippen molar-refractivity contribution in [3.63, 3.8) is 0 Å². The summed E-state index contributed by atoms with van der Waals surface area (Å²) >= 11 is 15.4. The average Bonchev–Trinajstić information content (AvgIpc) is 3.17. The maximum atomic E-state index is 13.3. The highest BCUT2D eigenvalue weighted by molar-refractivity contribution is 14.1. The number of carbonyl (C=O) groups is 2. The van der Waals surface area contributed by atoms with Gasteiger partial charge in [-0.05, 0) is 93.5 Å². The first-order valence-electron chi connectivity index (χ1n) is 12.1. The fourth-order valence-electron chi connectivity index (χ4n) is 4.25. The molecule has 4 aromatic rings. The molecule has 0 aliphatic carbocycles. The molecule has 2 amide bonds. The number of nitrogens with zero attached hydrogens (tertiary/aromatic N) is 1. The Bertz CT molecular complexity index is 1620. The molecule has 198 valence electrons. The van der Waals surface area contributed by atoms with E-state index in [4.69, 9.17) is 32.7 Å². The number of halogens is 3. The van der Waals surface area contributed by atoms with Gasteiger partial charge < -0.3 is 9.47 Å². The minimum atomic E-state index is -0.316. The van der Waals surface area contributed by atoms with Gasteiger partial charge in [-0.1, -0.05) is 71.7 Å². The number of thioether (sulfide) groups is 1. The Kier molecular flexibility index (Phi) is 8.71. The highest BCUT2D eigenvalue weighted by Crippen LogP contribution is 2.39. The molecule has 0 saturated carbocycles. The zero-order valence-corrected chi connectivity index (χ0v) is 25.2. The number of imide groups is 1. The Morgan fingerprint density at radius 1 is 0.949 bits per heavy atom. The second-order valence-electron chi connectivity index (χ2n) is 8.69. The standard InChI is InChI=1S/C30H22Cl2INO4S/c1-2-37-26-13-18(12-25(33)28(26)38-17-21-10-11-22(31)15-24(21)32)14-27-29(35)34(30(36)39-27)16-20-8-5-7-19-6-3-4-9-23(19)20/h3-15H,2,16-17H2,1H3/b27-14-. The fraction of sp³-hybridized carbons (Fsp3) is 0.133. The number of carbonyl (C=O) groups excluding carboxylic acids is 2. The van der Waals surface area contributed by atoms with Gasteiger partial charge in [-0.2, -0.15) is 0 Å². The summed E-state index contributed by atoms with van der Waals surface area (Å²) in [5, 5.41) is 2.87. The van der Waals surface area contributed by atoms with Gasteiger partial charge in [-0.3, -0.25) is 14.5 Å². The van der Waals surface area contributed by atoms with Crippen LogP contribution in [0.1, 0.15) is 23.6 Å². The van der Waals surface area contributed by atoms with E-state index in [0.717, 1.165) is 42.8 Å². The van der Waals surface area contributed by atoms with Crippen LogP contribution in [0.3, 0.4) is 0 Å². The molecule has 4 aromatic carbocycles. The van der Waals surface area contributed by atoms with E-state index in [1.807, 2.05) is 67.6 Å². The molecular formula is C30H22Cl2INO4S. The smallest absolute Gasteiger partial charge is 0.293 e. The Balaban J connectivity index is 1.38. The van der Waals surface area contributed by atoms with E-state index in [-0.39, 0.29) is 24.3 Å². The SMILES string of the molecule is CCOc1cc(/C=C2\SC(=O)N(Cc3cccc4ccccc34)C2=O)cc(I)c1OCc1ccc(Cl)cc1Cl. The maximum absolute atomic E-state index is 13.3. The largest absolute Gasteiger partial charge is 0.490 e. The summed E-state index contributed by atoms with van der Waals surface area (Å²) in [5.41, 5.74) is 2.45. The Hall–Kier alpha value is -2.72. The number of ether oxygens (including phenoxy) is 2. The minimum absolute atomic E-state index is 0.213. The molecule has 1 fully saturated rings. The van der Waals surface area contributed by atoms with E-state index in [1.165, 1.54) is 4.90 Å². The second-order valence-corrected chi connectivity index (χ2v) is 11.7. The predicted molar refractivity (Wildman–Crippen MR) is 167 cm³/mol. The summed E-state index contributed by atoms with van der Waals surface area (Å²) in [5.74, 6) is 0.795. The molecule has 1 aliphatic rings. The van der Waals surface area contributed by atoms with Crippen LogP contribution in [0.25, 0.3) is 16.8 Å². The third kappa shape index (κ3) is 6.22. The van der Waals surface area contributed by atoms with Crippen LogP contribution in [0.15, 0.2) is 77.7 Å². The van der Waals surface area contributed by atoms with Crippen LogP contribution in [-0.2, 0) is 17.9 Å². The van der Waals surface area contributed by atoms with Crippen LogP contribution in [0, 0.1) is 3.57 Å². The lowest BCUT2D eigenvalue weighted by Gasteiger charge is -2.16. The Morgan fingerprint density at radius 2 is 1.74 bits per heavy atom. The van der Waals surface area contributed by atoms with Crippen molar-refractivity contribution in [1.82, 2.24) is 4.90 Å². The molecule has 5 rings (SSSR count). The zero-order valence-electron chi connectivity index (χ0n) is 20.7. The molecule has 0 atom stereocenters. The van der Waals surface area contributed by atoms with Crippen LogP contribution in [-0.4, -0.2) is 22.7 Å². The van der Waals surface area contributed by atoms with E-state index >= 15 is 0 Å². The van der Waals surface area contributed by atoms with Crippen molar-refractivity contribution < 1.29 is 19.1 Å². The van der Waals surface area contributed by atoms with Crippen molar-refractivity contribution in [1.29, 1.82) is 0 Å². The molecule has 39 heavy (non-hydrogen) atoms. The molecule has 1 saturated heterocycles. The minimum Gasteiger partial charge on any atom is -0.490 e. The van der Waals surface area contributed by atoms with Gasteiger partial charge >= 0.3 is 0 Å². The summed E-state index contributed by atoms with van der Waals surface area (Å²) in [4.78, 5) is 27.8. The molecule has 1 heterocycles. The van der Waals surface area contributed by atoms with Gasteiger partial charge in [0, 0.05) is 15.6 Å². The molecule has 1 aliphatic heterocycles. The Morgan fingerprint density at radius 3 is 2.54 bits per heavy atom. The molecule has 0 aromatic heterocycles. The molecule has 0 radical (unpaired) electrons. The summed E-state index contributed by atoms with van der Waals surface area (Å²) < 4.78 is 12.8. The quantitative estimate of drug-likeness (QED) is 0.137. The lowest BCUT2D eigenvalue weighted by molar-refractivity contribution is -0.123. The number of benzene rings is 4. The van der Waals surface area contributed by atoms with Gasteiger partial charge in [0.1, 0.15) is 6.61 Å². The number of fused-ring (bicyclic) bond motifs is 1. The molecule has 5 nitrogen and oxygen atoms in total. The van der Waals surface area contributed by atoms with Crippen LogP contribution in [0.5, 0.6) is 11.5 Å². The van der Waals surface area contributed by atoms with Gasteiger partial charge in [0.05, 0.1) is 21.6 Å². The van der Waals surface area contributed by atoms with E-state index in [0.29, 0.717) is 33.1 Å². The number of rotatable bonds is 8. The van der Waals surface area contributed by atoms with Crippen LogP contribution in [0.4, 0.5) is 4.79 Å². The second kappa shape index (κ2) is 12.2. The van der Waals surface area contributed by atoms with Crippen LogP contribution in [0.2, 0.25) is 10.0 Å². The first-order valence-corrected chi connectivity index (χ1v) is 14.7. The van der Waals surface area contributed by atoms with Gasteiger partial charge in [-0.25, -0.2) is 0 Å². The third-order valence-electron chi connectivity index (χ3n) is 6.10. The van der Waals surface area contributed by atoms with Gasteiger partial charge in [0.2, 0.25) is 0 Å². The maximum Gasteiger partial charge on any atom is 0.293 e. The average molecular weight is 690 g/mol. The van der Waals surface area contributed by atoms with Crippen molar-refractivity contribution in [2.24, 2.45) is 0 Å². The van der Waals surface area contributed by atoms with Crippen molar-refractivity contribution in [3.8, 4) is 11.5 Å². The summed E-state index contributed by atoms with van der Waals surface area (Å²) in [6, 6.07) is 22.8. The van der Waals surface area contributed by atoms with E-state index in [2.05, 4.69) is 22.6 Å². The van der Waals surface area contributed by atoms with Crippen molar-refractivity contribution in [2.75, 3.05) is 6.61 Å². The number of hydrogen-bond acceptors (Lipinski definition) is 5. The monoisotopic (exact) mass is 689 g/mol. The Labute approximate surface area is 254 Å². The fourth-order valence-corrected chi connectivity index (χ4v) is 6.33. The van der Waals surface area contributed by atoms with Gasteiger partial charge in [-0.15, -0.1) is 0 Å². The van der Waals surface area contributed by atoms with Crippen molar-refractivity contribution >= 4 is 85.5 Å². The lowest BCUT2D eigenvalue weighted by Crippen LogP contribution is -2.27. The van der Waals surface area contributed by atoms with Crippen molar-refractivity contribution in [3.05, 3.63) is 108 Å². The summed E-state index contributed by atoms with van der Waals surface area (Å²) in [6.45, 7) is 2.76. The third-order valence-corrected chi connectivity index (χ3v) is 8.39. The molecular weight excluding hydrogens is 668 g/mol. The molecule has 0 N–H and O–H groups in total. The lowest BCUT2D eigenvalue weighted by atomic mass is 10.0. The first kappa shape index (κ1) is 27.8. The summed E-state index contributed by atoms with van der Waals surface area (Å²) in [7, 11) is 0. The van der Waals surface area contributed by atoms with Gasteiger partial charge in [0.15, 0.2) is 11.5 Å². The van der Waals surface area contributed by atoms with Crippen molar-refractivity contribution in [2.45, 2.75) is 20.1 Å². The highest BCUT2D eigenvalue weighted by Gasteiger charge is 2.35. The first-order chi connectivity index (χ1) is 18.8. The van der Waals surface area contributed by atoms with E-state index in [9.17, 15) is 9.59 Å². The molecule has 0 unspecified atom stereocenters. The molecule has 0 bridgehead atoms. The van der Waals surface area contributed by atoms with Crippen LogP contribution >= 0.6 is 57.6 Å². The zero-order chi connectivity index (χ0) is 27.5. The topological polar surface area (TPSA) is 55.8 Å². The van der Waals surface area contributed by atoms with Gasteiger partial charge in [0.25, 0.3) is 11.1 Å². The normalized spacial score (nSPS) is 14.5. The number of hydrogen-bond donors (Lipinski definition) is 0. The predicted octanol–water partition coefficient (Wildman–Crippen LogP) is 8.97. The van der Waals surface area contributed by atoms with E-state index in [1.54, 1.807) is 18.2 Å². The number of amides is 2. The molecule has 0 spiro atoms. The van der Waals surface area contributed by atoms with E-state index < -0.39 is 0 Å². The van der Waals surface area contributed by atoms with Crippen LogP contribution < -0.4 is 9.47 Å². The highest BCUT2D eigenvalue weighted by atomic mass is 127. The summed E-state index contributed by atoms with van der Waals surface area (Å²) in [6.07, 6.45) is 1.72.